The molecular formula is C25H32N2O3. The van der Waals surface area contributed by atoms with E-state index in [1.165, 1.54) is 19.3 Å². The first-order valence-corrected chi connectivity index (χ1v) is 11.3. The number of hydrogen-bond acceptors (Lipinski definition) is 4. The lowest BCUT2D eigenvalue weighted by Crippen LogP contribution is -2.46. The van der Waals surface area contributed by atoms with Crippen LogP contribution in [0.2, 0.25) is 0 Å². The summed E-state index contributed by atoms with van der Waals surface area (Å²) < 4.78 is 11.8. The van der Waals surface area contributed by atoms with E-state index in [9.17, 15) is 4.79 Å². The van der Waals surface area contributed by atoms with Crippen LogP contribution in [0.3, 0.4) is 0 Å². The van der Waals surface area contributed by atoms with Crippen LogP contribution in [0.15, 0.2) is 48.5 Å². The molecule has 2 aromatic carbocycles. The van der Waals surface area contributed by atoms with Crippen molar-refractivity contribution < 1.29 is 14.3 Å². The van der Waals surface area contributed by atoms with Gasteiger partial charge in [-0.2, -0.15) is 0 Å². The monoisotopic (exact) mass is 408 g/mol. The third-order valence-electron chi connectivity index (χ3n) is 5.89. The van der Waals surface area contributed by atoms with Gasteiger partial charge in [-0.3, -0.25) is 4.79 Å². The van der Waals surface area contributed by atoms with Gasteiger partial charge in [0.1, 0.15) is 11.9 Å². The number of hydrogen-bond donors (Lipinski definition) is 1. The molecule has 0 aromatic heterocycles. The van der Waals surface area contributed by atoms with Crippen molar-refractivity contribution in [1.29, 1.82) is 0 Å². The quantitative estimate of drug-likeness (QED) is 0.565. The molecule has 2 unspecified atom stereocenters. The molecule has 2 aromatic rings. The van der Waals surface area contributed by atoms with Gasteiger partial charge in [-0.05, 0) is 49.1 Å². The van der Waals surface area contributed by atoms with E-state index in [0.29, 0.717) is 6.54 Å². The zero-order valence-electron chi connectivity index (χ0n) is 17.8. The lowest BCUT2D eigenvalue weighted by molar-refractivity contribution is 0.0426. The van der Waals surface area contributed by atoms with Gasteiger partial charge in [0.05, 0.1) is 18.3 Å². The lowest BCUT2D eigenvalue weighted by Gasteiger charge is -2.39. The van der Waals surface area contributed by atoms with Gasteiger partial charge in [0.25, 0.3) is 5.91 Å². The maximum absolute atomic E-state index is 13.3. The number of fused-ring (bicyclic) bond motifs is 1. The van der Waals surface area contributed by atoms with Crippen molar-refractivity contribution in [1.82, 2.24) is 4.90 Å². The Hall–Kier alpha value is -2.53. The Bertz CT molecular complexity index is 848. The first-order chi connectivity index (χ1) is 14.8. The van der Waals surface area contributed by atoms with Gasteiger partial charge in [-0.25, -0.2) is 0 Å². The molecule has 0 aliphatic carbocycles. The van der Waals surface area contributed by atoms with Crippen LogP contribution >= 0.6 is 0 Å². The van der Waals surface area contributed by atoms with Gasteiger partial charge in [-0.15, -0.1) is 0 Å². The number of rotatable bonds is 9. The average molecular weight is 409 g/mol. The number of anilines is 1. The summed E-state index contributed by atoms with van der Waals surface area (Å²) in [6.07, 6.45) is 6.65. The van der Waals surface area contributed by atoms with Crippen molar-refractivity contribution in [2.75, 3.05) is 25.1 Å². The Kier molecular flexibility index (Phi) is 6.90. The van der Waals surface area contributed by atoms with Gasteiger partial charge < -0.3 is 19.7 Å². The summed E-state index contributed by atoms with van der Waals surface area (Å²) in [4.78, 5) is 15.3. The van der Waals surface area contributed by atoms with E-state index in [-0.39, 0.29) is 18.2 Å². The Labute approximate surface area is 179 Å². The lowest BCUT2D eigenvalue weighted by atomic mass is 10.0. The molecule has 0 saturated carbocycles. The zero-order chi connectivity index (χ0) is 20.8. The number of unbranched alkanes of at least 4 members (excludes halogenated alkanes) is 3. The largest absolute Gasteiger partial charge is 0.494 e. The molecule has 1 fully saturated rings. The minimum absolute atomic E-state index is 0.0516. The van der Waals surface area contributed by atoms with Gasteiger partial charge in [0, 0.05) is 18.8 Å². The van der Waals surface area contributed by atoms with Crippen molar-refractivity contribution >= 4 is 11.6 Å². The highest BCUT2D eigenvalue weighted by Crippen LogP contribution is 2.35. The number of nitrogens with zero attached hydrogens (tertiary/aromatic N) is 1. The highest BCUT2D eigenvalue weighted by atomic mass is 16.5. The Morgan fingerprint density at radius 2 is 2.03 bits per heavy atom. The van der Waals surface area contributed by atoms with E-state index in [4.69, 9.17) is 9.47 Å². The van der Waals surface area contributed by atoms with E-state index in [1.54, 1.807) is 0 Å². The van der Waals surface area contributed by atoms with E-state index in [2.05, 4.69) is 24.4 Å². The summed E-state index contributed by atoms with van der Waals surface area (Å²) in [6, 6.07) is 15.8. The molecule has 160 valence electrons. The standard InChI is InChI=1S/C25H32N2O3/c1-2-3-4-7-15-29-20-11-8-10-19(17-20)24-26-23-14-6-5-13-22(23)25(28)27(24)18-21-12-9-16-30-21/h5-6,8,10-11,13-14,17,21,24,26H,2-4,7,9,12,15-16,18H2,1H3. The van der Waals surface area contributed by atoms with Gasteiger partial charge in [0.2, 0.25) is 0 Å². The van der Waals surface area contributed by atoms with E-state index in [0.717, 1.165) is 55.0 Å². The molecule has 0 radical (unpaired) electrons. The normalized spacial score (nSPS) is 20.7. The molecule has 2 aliphatic heterocycles. The molecule has 30 heavy (non-hydrogen) atoms. The van der Waals surface area contributed by atoms with Gasteiger partial charge >= 0.3 is 0 Å². The Balaban J connectivity index is 1.54. The van der Waals surface area contributed by atoms with Gasteiger partial charge in [0.15, 0.2) is 0 Å². The third-order valence-corrected chi connectivity index (χ3v) is 5.89. The Morgan fingerprint density at radius 3 is 2.87 bits per heavy atom. The van der Waals surface area contributed by atoms with Crippen LogP contribution in [0.4, 0.5) is 5.69 Å². The summed E-state index contributed by atoms with van der Waals surface area (Å²) in [7, 11) is 0. The van der Waals surface area contributed by atoms with E-state index in [1.807, 2.05) is 41.3 Å². The van der Waals surface area contributed by atoms with Crippen LogP contribution in [-0.2, 0) is 4.74 Å². The Morgan fingerprint density at radius 1 is 1.13 bits per heavy atom. The SMILES string of the molecule is CCCCCCOc1cccc(C2Nc3ccccc3C(=O)N2CC2CCCO2)c1. The second-order valence-electron chi connectivity index (χ2n) is 8.17. The maximum Gasteiger partial charge on any atom is 0.257 e. The smallest absolute Gasteiger partial charge is 0.257 e. The summed E-state index contributed by atoms with van der Waals surface area (Å²) in [5.74, 6) is 0.907. The fourth-order valence-electron chi connectivity index (χ4n) is 4.25. The van der Waals surface area contributed by atoms with Crippen LogP contribution in [0.1, 0.15) is 67.5 Å². The highest BCUT2D eigenvalue weighted by Gasteiger charge is 2.35. The summed E-state index contributed by atoms with van der Waals surface area (Å²) >= 11 is 0. The van der Waals surface area contributed by atoms with Crippen LogP contribution < -0.4 is 10.1 Å². The zero-order valence-corrected chi connectivity index (χ0v) is 17.8. The molecule has 2 atom stereocenters. The number of ether oxygens (including phenoxy) is 2. The second-order valence-corrected chi connectivity index (χ2v) is 8.17. The third kappa shape index (κ3) is 4.78. The van der Waals surface area contributed by atoms with E-state index < -0.39 is 0 Å². The van der Waals surface area contributed by atoms with Crippen molar-refractivity contribution in [2.24, 2.45) is 0 Å². The first-order valence-electron chi connectivity index (χ1n) is 11.3. The summed E-state index contributed by atoms with van der Waals surface area (Å²) in [5, 5.41) is 3.57. The number of amides is 1. The molecule has 5 heteroatoms. The average Bonchev–Trinajstić information content (AvgIpc) is 3.29. The first kappa shape index (κ1) is 20.7. The predicted molar refractivity (Wildman–Crippen MR) is 119 cm³/mol. The highest BCUT2D eigenvalue weighted by molar-refractivity contribution is 6.01. The molecule has 5 nitrogen and oxygen atoms in total. The number of carbonyl (C=O) groups excluding carboxylic acids is 1. The fourth-order valence-corrected chi connectivity index (χ4v) is 4.25. The molecular weight excluding hydrogens is 376 g/mol. The van der Waals surface area contributed by atoms with E-state index >= 15 is 0 Å². The second kappa shape index (κ2) is 9.98. The van der Waals surface area contributed by atoms with Crippen molar-refractivity contribution in [3.8, 4) is 5.75 Å². The molecule has 0 spiro atoms. The van der Waals surface area contributed by atoms with Crippen LogP contribution in [0, 0.1) is 0 Å². The molecule has 1 saturated heterocycles. The number of carbonyl (C=O) groups is 1. The number of nitrogens with one attached hydrogen (secondary N) is 1. The van der Waals surface area contributed by atoms with Crippen molar-refractivity contribution in [3.63, 3.8) is 0 Å². The van der Waals surface area contributed by atoms with Crippen molar-refractivity contribution in [2.45, 2.75) is 57.7 Å². The topological polar surface area (TPSA) is 50.8 Å². The molecule has 0 bridgehead atoms. The van der Waals surface area contributed by atoms with Crippen molar-refractivity contribution in [3.05, 3.63) is 59.7 Å². The molecule has 2 heterocycles. The maximum atomic E-state index is 13.3. The molecule has 4 rings (SSSR count). The number of benzene rings is 2. The molecule has 2 aliphatic rings. The fraction of sp³-hybridized carbons (Fsp3) is 0.480. The minimum Gasteiger partial charge on any atom is -0.494 e. The summed E-state index contributed by atoms with van der Waals surface area (Å²) in [5.41, 5.74) is 2.62. The van der Waals surface area contributed by atoms with Crippen LogP contribution in [0.5, 0.6) is 5.75 Å². The summed E-state index contributed by atoms with van der Waals surface area (Å²) in [6.45, 7) is 4.31. The van der Waals surface area contributed by atoms with Gasteiger partial charge in [-0.1, -0.05) is 50.5 Å². The number of para-hydroxylation sites is 1. The predicted octanol–water partition coefficient (Wildman–Crippen LogP) is 5.39. The van der Waals surface area contributed by atoms with Crippen LogP contribution in [0.25, 0.3) is 0 Å². The molecule has 1 amide bonds. The van der Waals surface area contributed by atoms with Crippen LogP contribution in [-0.4, -0.2) is 36.7 Å². The molecule has 1 N–H and O–H groups in total. The minimum atomic E-state index is -0.236.